The second-order valence-electron chi connectivity index (χ2n) is 5.62. The molecule has 1 aliphatic rings. The van der Waals surface area contributed by atoms with Crippen molar-refractivity contribution in [3.63, 3.8) is 0 Å². The van der Waals surface area contributed by atoms with Gasteiger partial charge in [0.05, 0.1) is 12.5 Å². The minimum absolute atomic E-state index is 0.155. The molecular weight excluding hydrogens is 324 g/mol. The third-order valence-corrected chi connectivity index (χ3v) is 4.11. The van der Waals surface area contributed by atoms with Gasteiger partial charge >= 0.3 is 6.03 Å². The van der Waals surface area contributed by atoms with Crippen molar-refractivity contribution in [2.75, 3.05) is 31.5 Å². The Balaban J connectivity index is 1.38. The van der Waals surface area contributed by atoms with Crippen LogP contribution in [0.2, 0.25) is 0 Å². The van der Waals surface area contributed by atoms with E-state index in [9.17, 15) is 9.59 Å². The van der Waals surface area contributed by atoms with Crippen LogP contribution in [0, 0.1) is 0 Å². The molecule has 0 bridgehead atoms. The highest BCUT2D eigenvalue weighted by atomic mass is 16.3. The van der Waals surface area contributed by atoms with Gasteiger partial charge in [-0.15, -0.1) is 0 Å². The lowest BCUT2D eigenvalue weighted by atomic mass is 10.3. The Hall–Kier alpha value is -3.36. The van der Waals surface area contributed by atoms with Crippen LogP contribution in [-0.2, 0) is 0 Å². The lowest BCUT2D eigenvalue weighted by molar-refractivity contribution is 0.0640. The summed E-state index contributed by atoms with van der Waals surface area (Å²) in [5.74, 6) is 0.710. The number of hydrogen-bond donors (Lipinski definition) is 1. The first kappa shape index (κ1) is 15.2. The summed E-state index contributed by atoms with van der Waals surface area (Å²) in [6.45, 7) is 1.82. The van der Waals surface area contributed by atoms with Gasteiger partial charge in [0, 0.05) is 38.4 Å². The number of anilines is 1. The predicted molar refractivity (Wildman–Crippen MR) is 88.2 cm³/mol. The van der Waals surface area contributed by atoms with E-state index in [1.54, 1.807) is 51.0 Å². The number of fused-ring (bicyclic) bond motifs is 1. The number of rotatable bonds is 2. The summed E-state index contributed by atoms with van der Waals surface area (Å²) in [5, 5.41) is 6.98. The highest BCUT2D eigenvalue weighted by molar-refractivity contribution is 5.92. The van der Waals surface area contributed by atoms with Crippen molar-refractivity contribution in [2.45, 2.75) is 0 Å². The van der Waals surface area contributed by atoms with Crippen LogP contribution in [-0.4, -0.2) is 62.5 Å². The number of nitrogens with one attached hydrogen (secondary N) is 1. The zero-order valence-electron chi connectivity index (χ0n) is 13.3. The van der Waals surface area contributed by atoms with E-state index in [0.717, 1.165) is 0 Å². The number of carbonyl (C=O) groups is 2. The van der Waals surface area contributed by atoms with E-state index in [0.29, 0.717) is 43.4 Å². The molecule has 9 nitrogen and oxygen atoms in total. The number of urea groups is 1. The summed E-state index contributed by atoms with van der Waals surface area (Å²) in [7, 11) is 0. The van der Waals surface area contributed by atoms with Gasteiger partial charge in [-0.1, -0.05) is 0 Å². The Bertz CT molecular complexity index is 896. The molecule has 0 atom stereocenters. The summed E-state index contributed by atoms with van der Waals surface area (Å²) in [6, 6.07) is 6.54. The van der Waals surface area contributed by atoms with Crippen molar-refractivity contribution < 1.29 is 14.0 Å². The van der Waals surface area contributed by atoms with Crippen molar-refractivity contribution in [1.82, 2.24) is 24.4 Å². The standard InChI is InChI=1S/C16H16N6O3/c23-15(12-2-1-11-25-12)20-7-9-21(10-8-20)16(24)19-14-3-5-17-13-4-6-18-22(13)14/h1-6,11H,7-10H2,(H,19,24). The SMILES string of the molecule is O=C(Nc1ccnc2ccnn12)N1CCN(C(=O)c2ccco2)CC1. The van der Waals surface area contributed by atoms with Gasteiger partial charge in [-0.25, -0.2) is 9.78 Å². The van der Waals surface area contributed by atoms with Crippen molar-refractivity contribution in [3.8, 4) is 0 Å². The molecule has 4 rings (SSSR count). The smallest absolute Gasteiger partial charge is 0.323 e. The van der Waals surface area contributed by atoms with E-state index >= 15 is 0 Å². The second kappa shape index (κ2) is 6.27. The topological polar surface area (TPSA) is 96.0 Å². The fourth-order valence-electron chi connectivity index (χ4n) is 2.79. The van der Waals surface area contributed by atoms with Gasteiger partial charge in [-0.3, -0.25) is 10.1 Å². The maximum atomic E-state index is 12.5. The van der Waals surface area contributed by atoms with E-state index in [1.165, 1.54) is 6.26 Å². The predicted octanol–water partition coefficient (Wildman–Crippen LogP) is 1.31. The molecule has 3 aromatic heterocycles. The minimum Gasteiger partial charge on any atom is -0.459 e. The molecule has 4 heterocycles. The monoisotopic (exact) mass is 340 g/mol. The van der Waals surface area contributed by atoms with E-state index in [4.69, 9.17) is 4.42 Å². The van der Waals surface area contributed by atoms with Crippen molar-refractivity contribution >= 4 is 23.4 Å². The highest BCUT2D eigenvalue weighted by Crippen LogP contribution is 2.12. The number of furan rings is 1. The zero-order valence-corrected chi connectivity index (χ0v) is 13.3. The molecule has 3 amide bonds. The molecule has 0 aromatic carbocycles. The first-order valence-electron chi connectivity index (χ1n) is 7.90. The van der Waals surface area contributed by atoms with Gasteiger partial charge in [-0.05, 0) is 18.2 Å². The largest absolute Gasteiger partial charge is 0.459 e. The van der Waals surface area contributed by atoms with Gasteiger partial charge in [0.25, 0.3) is 5.91 Å². The van der Waals surface area contributed by atoms with Crippen LogP contribution in [0.15, 0.2) is 47.3 Å². The van der Waals surface area contributed by atoms with E-state index in [-0.39, 0.29) is 11.9 Å². The van der Waals surface area contributed by atoms with E-state index in [1.807, 2.05) is 0 Å². The summed E-state index contributed by atoms with van der Waals surface area (Å²) < 4.78 is 6.70. The van der Waals surface area contributed by atoms with Crippen molar-refractivity contribution in [1.29, 1.82) is 0 Å². The molecule has 3 aromatic rings. The lowest BCUT2D eigenvalue weighted by Gasteiger charge is -2.34. The average molecular weight is 340 g/mol. The van der Waals surface area contributed by atoms with Crippen LogP contribution >= 0.6 is 0 Å². The maximum absolute atomic E-state index is 12.5. The Morgan fingerprint density at radius 1 is 1.04 bits per heavy atom. The van der Waals surface area contributed by atoms with Crippen LogP contribution in [0.1, 0.15) is 10.6 Å². The molecule has 1 fully saturated rings. The van der Waals surface area contributed by atoms with Crippen molar-refractivity contribution in [3.05, 3.63) is 48.7 Å². The third-order valence-electron chi connectivity index (χ3n) is 4.11. The summed E-state index contributed by atoms with van der Waals surface area (Å²) >= 11 is 0. The van der Waals surface area contributed by atoms with Crippen molar-refractivity contribution in [2.24, 2.45) is 0 Å². The first-order chi connectivity index (χ1) is 12.2. The third kappa shape index (κ3) is 2.91. The minimum atomic E-state index is -0.229. The Morgan fingerprint density at radius 3 is 2.60 bits per heavy atom. The maximum Gasteiger partial charge on any atom is 0.323 e. The quantitative estimate of drug-likeness (QED) is 0.759. The van der Waals surface area contributed by atoms with Gasteiger partial charge in [0.2, 0.25) is 0 Å². The normalized spacial score (nSPS) is 14.7. The number of nitrogens with zero attached hydrogens (tertiary/aromatic N) is 5. The van der Waals surface area contributed by atoms with E-state index < -0.39 is 0 Å². The van der Waals surface area contributed by atoms with Gasteiger partial charge in [-0.2, -0.15) is 9.61 Å². The number of hydrogen-bond acceptors (Lipinski definition) is 5. The molecule has 0 radical (unpaired) electrons. The average Bonchev–Trinajstić information content (AvgIpc) is 3.33. The Morgan fingerprint density at radius 2 is 1.84 bits per heavy atom. The molecule has 25 heavy (non-hydrogen) atoms. The Kier molecular flexibility index (Phi) is 3.81. The second-order valence-corrected chi connectivity index (χ2v) is 5.62. The molecule has 1 N–H and O–H groups in total. The van der Waals surface area contributed by atoms with Crippen LogP contribution in [0.25, 0.3) is 5.65 Å². The first-order valence-corrected chi connectivity index (χ1v) is 7.90. The van der Waals surface area contributed by atoms with Crippen LogP contribution in [0.4, 0.5) is 10.6 Å². The van der Waals surface area contributed by atoms with E-state index in [2.05, 4.69) is 15.4 Å². The van der Waals surface area contributed by atoms with Crippen LogP contribution < -0.4 is 5.32 Å². The molecule has 9 heteroatoms. The molecule has 0 spiro atoms. The number of amides is 3. The molecule has 1 saturated heterocycles. The number of aromatic nitrogens is 3. The number of piperazine rings is 1. The summed E-state index contributed by atoms with van der Waals surface area (Å²) in [5.41, 5.74) is 0.659. The lowest BCUT2D eigenvalue weighted by Crippen LogP contribution is -2.51. The van der Waals surface area contributed by atoms with Gasteiger partial charge < -0.3 is 14.2 Å². The highest BCUT2D eigenvalue weighted by Gasteiger charge is 2.26. The molecule has 0 unspecified atom stereocenters. The Labute approximate surface area is 142 Å². The fraction of sp³-hybridized carbons (Fsp3) is 0.250. The van der Waals surface area contributed by atoms with Crippen LogP contribution in [0.3, 0.4) is 0 Å². The van der Waals surface area contributed by atoms with Gasteiger partial charge in [0.15, 0.2) is 11.4 Å². The molecule has 128 valence electrons. The number of carbonyl (C=O) groups excluding carboxylic acids is 2. The van der Waals surface area contributed by atoms with Crippen LogP contribution in [0.5, 0.6) is 0 Å². The van der Waals surface area contributed by atoms with Gasteiger partial charge in [0.1, 0.15) is 5.82 Å². The molecule has 0 aliphatic carbocycles. The summed E-state index contributed by atoms with van der Waals surface area (Å²) in [4.78, 5) is 32.2. The molecular formula is C16H16N6O3. The summed E-state index contributed by atoms with van der Waals surface area (Å²) in [6.07, 6.45) is 4.71. The zero-order chi connectivity index (χ0) is 17.2. The fourth-order valence-corrected chi connectivity index (χ4v) is 2.79. The molecule has 1 aliphatic heterocycles. The molecule has 0 saturated carbocycles.